The smallest absolute Gasteiger partial charge is 0.347 e. The Morgan fingerprint density at radius 3 is 2.83 bits per heavy atom. The summed E-state index contributed by atoms with van der Waals surface area (Å²) in [5.74, 6) is 0.301. The van der Waals surface area contributed by atoms with Crippen LogP contribution in [0.25, 0.3) is 22.4 Å². The molecular formula is C14H10N2O2. The second kappa shape index (κ2) is 4.07. The number of nitrogens with zero attached hydrogens (tertiary/aromatic N) is 2. The van der Waals surface area contributed by atoms with Gasteiger partial charge in [0.25, 0.3) is 0 Å². The van der Waals surface area contributed by atoms with Crippen LogP contribution < -0.4 is 5.63 Å². The minimum atomic E-state index is -0.373. The molecule has 0 atom stereocenters. The number of hydrogen-bond acceptors (Lipinski definition) is 4. The molecular weight excluding hydrogens is 228 g/mol. The van der Waals surface area contributed by atoms with E-state index in [-0.39, 0.29) is 5.63 Å². The van der Waals surface area contributed by atoms with Gasteiger partial charge in [-0.05, 0) is 30.7 Å². The largest absolute Gasteiger partial charge is 0.403 e. The van der Waals surface area contributed by atoms with Crippen LogP contribution in [0.1, 0.15) is 5.56 Å². The molecule has 88 valence electrons. The molecule has 2 aromatic heterocycles. The lowest BCUT2D eigenvalue weighted by atomic mass is 10.1. The van der Waals surface area contributed by atoms with E-state index in [0.717, 1.165) is 5.56 Å². The summed E-state index contributed by atoms with van der Waals surface area (Å²) in [6.45, 7) is 1.92. The molecule has 0 N–H and O–H groups in total. The van der Waals surface area contributed by atoms with Crippen molar-refractivity contribution in [1.29, 1.82) is 0 Å². The van der Waals surface area contributed by atoms with Gasteiger partial charge >= 0.3 is 5.63 Å². The highest BCUT2D eigenvalue weighted by Crippen LogP contribution is 2.19. The highest BCUT2D eigenvalue weighted by molar-refractivity contribution is 5.81. The third-order valence-electron chi connectivity index (χ3n) is 2.77. The summed E-state index contributed by atoms with van der Waals surface area (Å²) in [4.78, 5) is 20.3. The zero-order valence-corrected chi connectivity index (χ0v) is 9.75. The maximum Gasteiger partial charge on any atom is 0.347 e. The SMILES string of the molecule is Cc1cccc2c(=O)oc(-c3cccnc3)nc12. The third kappa shape index (κ3) is 1.68. The number of benzene rings is 1. The molecule has 3 aromatic rings. The molecule has 0 aliphatic heterocycles. The minimum absolute atomic E-state index is 0.301. The number of para-hydroxylation sites is 1. The normalized spacial score (nSPS) is 10.7. The average Bonchev–Trinajstić information content (AvgIpc) is 2.41. The van der Waals surface area contributed by atoms with E-state index < -0.39 is 0 Å². The second-order valence-corrected chi connectivity index (χ2v) is 4.02. The molecule has 4 heteroatoms. The van der Waals surface area contributed by atoms with Crippen LogP contribution >= 0.6 is 0 Å². The quantitative estimate of drug-likeness (QED) is 0.653. The molecule has 2 heterocycles. The Balaban J connectivity index is 2.34. The van der Waals surface area contributed by atoms with Gasteiger partial charge in [-0.1, -0.05) is 12.1 Å². The fraction of sp³-hybridized carbons (Fsp3) is 0.0714. The van der Waals surface area contributed by atoms with Crippen molar-refractivity contribution in [3.63, 3.8) is 0 Å². The first kappa shape index (κ1) is 10.7. The molecule has 0 unspecified atom stereocenters. The van der Waals surface area contributed by atoms with E-state index in [0.29, 0.717) is 22.4 Å². The molecule has 0 aliphatic rings. The number of aromatic nitrogens is 2. The molecule has 0 saturated heterocycles. The third-order valence-corrected chi connectivity index (χ3v) is 2.77. The first-order chi connectivity index (χ1) is 8.75. The summed E-state index contributed by atoms with van der Waals surface area (Å²) in [7, 11) is 0. The molecule has 0 spiro atoms. The predicted molar refractivity (Wildman–Crippen MR) is 68.2 cm³/mol. The summed E-state index contributed by atoms with van der Waals surface area (Å²) in [6, 6.07) is 9.04. The van der Waals surface area contributed by atoms with E-state index in [1.807, 2.05) is 25.1 Å². The van der Waals surface area contributed by atoms with Crippen LogP contribution in [-0.2, 0) is 0 Å². The van der Waals surface area contributed by atoms with Gasteiger partial charge < -0.3 is 4.42 Å². The standard InChI is InChI=1S/C14H10N2O2/c1-9-4-2-6-11-12(9)16-13(18-14(11)17)10-5-3-7-15-8-10/h2-8H,1H3. The van der Waals surface area contributed by atoms with Crippen LogP contribution in [0.4, 0.5) is 0 Å². The van der Waals surface area contributed by atoms with E-state index in [2.05, 4.69) is 9.97 Å². The Kier molecular flexibility index (Phi) is 2.41. The van der Waals surface area contributed by atoms with Crippen molar-refractivity contribution >= 4 is 10.9 Å². The van der Waals surface area contributed by atoms with Gasteiger partial charge in [0.15, 0.2) is 0 Å². The monoisotopic (exact) mass is 238 g/mol. The van der Waals surface area contributed by atoms with Crippen LogP contribution in [0, 0.1) is 6.92 Å². The Hall–Kier alpha value is -2.49. The van der Waals surface area contributed by atoms with Crippen molar-refractivity contribution in [2.75, 3.05) is 0 Å². The topological polar surface area (TPSA) is 56.0 Å². The highest BCUT2D eigenvalue weighted by atomic mass is 16.4. The van der Waals surface area contributed by atoms with Crippen LogP contribution in [0.15, 0.2) is 51.9 Å². The Morgan fingerprint density at radius 2 is 2.06 bits per heavy atom. The summed E-state index contributed by atoms with van der Waals surface area (Å²) >= 11 is 0. The lowest BCUT2D eigenvalue weighted by molar-refractivity contribution is 0.518. The van der Waals surface area contributed by atoms with Gasteiger partial charge in [0, 0.05) is 12.4 Å². The van der Waals surface area contributed by atoms with Gasteiger partial charge in [-0.25, -0.2) is 9.78 Å². The maximum absolute atomic E-state index is 11.9. The molecule has 3 rings (SSSR count). The van der Waals surface area contributed by atoms with Crippen LogP contribution in [0.5, 0.6) is 0 Å². The zero-order valence-electron chi connectivity index (χ0n) is 9.75. The summed E-state index contributed by atoms with van der Waals surface area (Å²) in [5.41, 5.74) is 1.94. The Labute approximate surface area is 103 Å². The highest BCUT2D eigenvalue weighted by Gasteiger charge is 2.09. The second-order valence-electron chi connectivity index (χ2n) is 4.02. The predicted octanol–water partition coefficient (Wildman–Crippen LogP) is 2.56. The summed E-state index contributed by atoms with van der Waals surface area (Å²) < 4.78 is 5.22. The molecule has 4 nitrogen and oxygen atoms in total. The first-order valence-electron chi connectivity index (χ1n) is 5.56. The van der Waals surface area contributed by atoms with E-state index >= 15 is 0 Å². The van der Waals surface area contributed by atoms with E-state index in [1.165, 1.54) is 0 Å². The maximum atomic E-state index is 11.9. The van der Waals surface area contributed by atoms with Crippen LogP contribution in [0.3, 0.4) is 0 Å². The summed E-state index contributed by atoms with van der Waals surface area (Å²) in [6.07, 6.45) is 3.28. The number of pyridine rings is 1. The molecule has 0 amide bonds. The van der Waals surface area contributed by atoms with Gasteiger partial charge in [0.05, 0.1) is 16.5 Å². The van der Waals surface area contributed by atoms with Gasteiger partial charge in [0.1, 0.15) is 0 Å². The summed E-state index contributed by atoms with van der Waals surface area (Å²) in [5, 5.41) is 0.502. The molecule has 0 radical (unpaired) electrons. The van der Waals surface area contributed by atoms with E-state index in [4.69, 9.17) is 4.42 Å². The van der Waals surface area contributed by atoms with Crippen molar-refractivity contribution in [2.24, 2.45) is 0 Å². The van der Waals surface area contributed by atoms with Gasteiger partial charge in [-0.2, -0.15) is 0 Å². The van der Waals surface area contributed by atoms with E-state index in [9.17, 15) is 4.79 Å². The van der Waals surface area contributed by atoms with Crippen molar-refractivity contribution in [3.05, 3.63) is 58.7 Å². The van der Waals surface area contributed by atoms with Crippen LogP contribution in [0.2, 0.25) is 0 Å². The molecule has 1 aromatic carbocycles. The van der Waals surface area contributed by atoms with Gasteiger partial charge in [-0.3, -0.25) is 4.98 Å². The fourth-order valence-electron chi connectivity index (χ4n) is 1.85. The zero-order chi connectivity index (χ0) is 12.5. The number of aryl methyl sites for hydroxylation is 1. The van der Waals surface area contributed by atoms with Crippen molar-refractivity contribution in [3.8, 4) is 11.5 Å². The van der Waals surface area contributed by atoms with Gasteiger partial charge in [-0.15, -0.1) is 0 Å². The minimum Gasteiger partial charge on any atom is -0.403 e. The molecule has 18 heavy (non-hydrogen) atoms. The first-order valence-corrected chi connectivity index (χ1v) is 5.56. The molecule has 0 aliphatic carbocycles. The average molecular weight is 238 g/mol. The lowest BCUT2D eigenvalue weighted by Gasteiger charge is -2.02. The number of rotatable bonds is 1. The van der Waals surface area contributed by atoms with Crippen molar-refractivity contribution in [2.45, 2.75) is 6.92 Å². The van der Waals surface area contributed by atoms with Gasteiger partial charge in [0.2, 0.25) is 5.89 Å². The van der Waals surface area contributed by atoms with Crippen molar-refractivity contribution in [1.82, 2.24) is 9.97 Å². The van der Waals surface area contributed by atoms with E-state index in [1.54, 1.807) is 24.5 Å². The molecule has 0 fully saturated rings. The molecule has 0 bridgehead atoms. The number of fused-ring (bicyclic) bond motifs is 1. The Morgan fingerprint density at radius 1 is 1.17 bits per heavy atom. The fourth-order valence-corrected chi connectivity index (χ4v) is 1.85. The lowest BCUT2D eigenvalue weighted by Crippen LogP contribution is -2.03. The van der Waals surface area contributed by atoms with Crippen LogP contribution in [-0.4, -0.2) is 9.97 Å². The number of hydrogen-bond donors (Lipinski definition) is 0. The molecule has 0 saturated carbocycles. The van der Waals surface area contributed by atoms with Crippen molar-refractivity contribution < 1.29 is 4.42 Å². The Bertz CT molecular complexity index is 764.